The predicted molar refractivity (Wildman–Crippen MR) is 74.1 cm³/mol. The Bertz CT molecular complexity index is 596. The highest BCUT2D eigenvalue weighted by molar-refractivity contribution is 5.79. The molecule has 0 bridgehead atoms. The largest absolute Gasteiger partial charge is 0.490 e. The number of halogens is 1. The number of hydrogen-bond acceptors (Lipinski definition) is 3. The molecule has 2 aromatic carbocycles. The van der Waals surface area contributed by atoms with Gasteiger partial charge in [0.25, 0.3) is 0 Å². The molecule has 2 aromatic rings. The summed E-state index contributed by atoms with van der Waals surface area (Å²) in [6.45, 7) is 2.58. The number of hydrogen-bond donors (Lipinski definition) is 0. The van der Waals surface area contributed by atoms with Gasteiger partial charge in [-0.25, -0.2) is 4.39 Å². The normalized spacial score (nSPS) is 10.1. The molecule has 0 atom stereocenters. The molecule has 0 saturated carbocycles. The number of rotatable bonds is 6. The van der Waals surface area contributed by atoms with Crippen molar-refractivity contribution in [3.05, 3.63) is 53.8 Å². The Hall–Kier alpha value is -2.36. The summed E-state index contributed by atoms with van der Waals surface area (Å²) in [5, 5.41) is 0. The molecule has 0 N–H and O–H groups in total. The first-order valence-corrected chi connectivity index (χ1v) is 6.39. The zero-order valence-corrected chi connectivity index (χ0v) is 11.1. The van der Waals surface area contributed by atoms with Crippen molar-refractivity contribution in [2.45, 2.75) is 13.3 Å². The van der Waals surface area contributed by atoms with Gasteiger partial charge in [-0.2, -0.15) is 0 Å². The van der Waals surface area contributed by atoms with Crippen LogP contribution in [0.4, 0.5) is 4.39 Å². The van der Waals surface area contributed by atoms with Crippen LogP contribution in [-0.2, 0) is 0 Å². The SMILES string of the molecule is CCCOc1ccccc1Oc1ccc(F)cc1C=O. The van der Waals surface area contributed by atoms with E-state index in [1.165, 1.54) is 12.1 Å². The van der Waals surface area contributed by atoms with E-state index in [-0.39, 0.29) is 5.56 Å². The minimum absolute atomic E-state index is 0.162. The van der Waals surface area contributed by atoms with Crippen molar-refractivity contribution in [3.63, 3.8) is 0 Å². The van der Waals surface area contributed by atoms with E-state index in [9.17, 15) is 9.18 Å². The molecule has 3 nitrogen and oxygen atoms in total. The summed E-state index contributed by atoms with van der Waals surface area (Å²) in [7, 11) is 0. The van der Waals surface area contributed by atoms with Gasteiger partial charge in [-0.3, -0.25) is 4.79 Å². The van der Waals surface area contributed by atoms with Crippen molar-refractivity contribution in [2.24, 2.45) is 0 Å². The zero-order valence-electron chi connectivity index (χ0n) is 11.1. The van der Waals surface area contributed by atoms with E-state index in [1.54, 1.807) is 18.2 Å². The molecule has 0 fully saturated rings. The monoisotopic (exact) mass is 274 g/mol. The molecule has 0 aromatic heterocycles. The van der Waals surface area contributed by atoms with E-state index >= 15 is 0 Å². The maximum atomic E-state index is 13.1. The number of aldehydes is 1. The second-order valence-electron chi connectivity index (χ2n) is 4.20. The number of para-hydroxylation sites is 2. The van der Waals surface area contributed by atoms with Gasteiger partial charge in [0.05, 0.1) is 12.2 Å². The standard InChI is InChI=1S/C16H15FO3/c1-2-9-19-15-5-3-4-6-16(15)20-14-8-7-13(17)10-12(14)11-18/h3-8,10-11H,2,9H2,1H3. The lowest BCUT2D eigenvalue weighted by Gasteiger charge is -2.12. The third kappa shape index (κ3) is 3.35. The fourth-order valence-electron chi connectivity index (χ4n) is 1.69. The lowest BCUT2D eigenvalue weighted by atomic mass is 10.2. The number of benzene rings is 2. The third-order valence-corrected chi connectivity index (χ3v) is 2.63. The van der Waals surface area contributed by atoms with Crippen LogP contribution < -0.4 is 9.47 Å². The van der Waals surface area contributed by atoms with E-state index in [0.717, 1.165) is 12.5 Å². The average Bonchev–Trinajstić information content (AvgIpc) is 2.48. The summed E-state index contributed by atoms with van der Waals surface area (Å²) in [6.07, 6.45) is 1.44. The highest BCUT2D eigenvalue weighted by Gasteiger charge is 2.09. The molecule has 0 unspecified atom stereocenters. The summed E-state index contributed by atoms with van der Waals surface area (Å²) in [4.78, 5) is 10.9. The van der Waals surface area contributed by atoms with Gasteiger partial charge in [-0.15, -0.1) is 0 Å². The number of carbonyl (C=O) groups is 1. The maximum absolute atomic E-state index is 13.1. The molecule has 0 saturated heterocycles. The summed E-state index contributed by atoms with van der Waals surface area (Å²) >= 11 is 0. The van der Waals surface area contributed by atoms with Crippen LogP contribution in [0.1, 0.15) is 23.7 Å². The molecule has 0 aliphatic rings. The van der Waals surface area contributed by atoms with Gasteiger partial charge in [-0.05, 0) is 36.8 Å². The van der Waals surface area contributed by atoms with Gasteiger partial charge >= 0.3 is 0 Å². The molecular weight excluding hydrogens is 259 g/mol. The Morgan fingerprint density at radius 2 is 1.85 bits per heavy atom. The third-order valence-electron chi connectivity index (χ3n) is 2.63. The van der Waals surface area contributed by atoms with E-state index in [1.807, 2.05) is 13.0 Å². The second kappa shape index (κ2) is 6.70. The first-order valence-electron chi connectivity index (χ1n) is 6.39. The maximum Gasteiger partial charge on any atom is 0.169 e. The minimum Gasteiger partial charge on any atom is -0.490 e. The Morgan fingerprint density at radius 3 is 2.55 bits per heavy atom. The van der Waals surface area contributed by atoms with Gasteiger partial charge in [0, 0.05) is 0 Å². The summed E-state index contributed by atoms with van der Waals surface area (Å²) in [5.74, 6) is 0.912. The molecule has 0 aliphatic carbocycles. The Balaban J connectivity index is 2.28. The van der Waals surface area contributed by atoms with Crippen LogP contribution >= 0.6 is 0 Å². The number of carbonyl (C=O) groups excluding carboxylic acids is 1. The van der Waals surface area contributed by atoms with Crippen molar-refractivity contribution in [1.82, 2.24) is 0 Å². The molecule has 2 rings (SSSR count). The highest BCUT2D eigenvalue weighted by Crippen LogP contribution is 2.32. The van der Waals surface area contributed by atoms with Gasteiger partial charge in [-0.1, -0.05) is 19.1 Å². The lowest BCUT2D eigenvalue weighted by molar-refractivity contribution is 0.112. The Labute approximate surface area is 117 Å². The van der Waals surface area contributed by atoms with Crippen molar-refractivity contribution in [2.75, 3.05) is 6.61 Å². The number of ether oxygens (including phenoxy) is 2. The van der Waals surface area contributed by atoms with E-state index < -0.39 is 5.82 Å². The van der Waals surface area contributed by atoms with Crippen molar-refractivity contribution in [1.29, 1.82) is 0 Å². The van der Waals surface area contributed by atoms with Gasteiger partial charge < -0.3 is 9.47 Å². The molecule has 104 valence electrons. The molecule has 0 radical (unpaired) electrons. The molecule has 4 heteroatoms. The zero-order chi connectivity index (χ0) is 14.4. The summed E-state index contributed by atoms with van der Waals surface area (Å²) in [5.41, 5.74) is 0.162. The fraction of sp³-hybridized carbons (Fsp3) is 0.188. The predicted octanol–water partition coefficient (Wildman–Crippen LogP) is 4.22. The van der Waals surface area contributed by atoms with Crippen LogP contribution in [-0.4, -0.2) is 12.9 Å². The Morgan fingerprint density at radius 1 is 1.10 bits per heavy atom. The fourth-order valence-corrected chi connectivity index (χ4v) is 1.69. The minimum atomic E-state index is -0.477. The van der Waals surface area contributed by atoms with E-state index in [0.29, 0.717) is 30.1 Å². The first-order chi connectivity index (χ1) is 9.74. The summed E-state index contributed by atoms with van der Waals surface area (Å²) in [6, 6.07) is 11.0. The molecule has 0 amide bonds. The quantitative estimate of drug-likeness (QED) is 0.740. The topological polar surface area (TPSA) is 35.5 Å². The smallest absolute Gasteiger partial charge is 0.169 e. The molecule has 0 aliphatic heterocycles. The molecule has 20 heavy (non-hydrogen) atoms. The van der Waals surface area contributed by atoms with Crippen LogP contribution in [0.5, 0.6) is 17.2 Å². The van der Waals surface area contributed by atoms with Crippen LogP contribution in [0.2, 0.25) is 0 Å². The van der Waals surface area contributed by atoms with Crippen LogP contribution in [0.15, 0.2) is 42.5 Å². The second-order valence-corrected chi connectivity index (χ2v) is 4.20. The Kier molecular flexibility index (Phi) is 4.71. The first kappa shape index (κ1) is 14.1. The van der Waals surface area contributed by atoms with Gasteiger partial charge in [0.1, 0.15) is 11.6 Å². The summed E-state index contributed by atoms with van der Waals surface area (Å²) < 4.78 is 24.3. The van der Waals surface area contributed by atoms with Crippen molar-refractivity contribution >= 4 is 6.29 Å². The van der Waals surface area contributed by atoms with Crippen molar-refractivity contribution in [3.8, 4) is 17.2 Å². The lowest BCUT2D eigenvalue weighted by Crippen LogP contribution is -1.98. The molecule has 0 spiro atoms. The average molecular weight is 274 g/mol. The molecule has 0 heterocycles. The van der Waals surface area contributed by atoms with Crippen LogP contribution in [0, 0.1) is 5.82 Å². The highest BCUT2D eigenvalue weighted by atomic mass is 19.1. The van der Waals surface area contributed by atoms with Crippen LogP contribution in [0.25, 0.3) is 0 Å². The van der Waals surface area contributed by atoms with E-state index in [2.05, 4.69) is 0 Å². The molecular formula is C16H15FO3. The van der Waals surface area contributed by atoms with Crippen LogP contribution in [0.3, 0.4) is 0 Å². The van der Waals surface area contributed by atoms with Crippen molar-refractivity contribution < 1.29 is 18.7 Å². The van der Waals surface area contributed by atoms with Gasteiger partial charge in [0.2, 0.25) is 0 Å². The van der Waals surface area contributed by atoms with E-state index in [4.69, 9.17) is 9.47 Å². The van der Waals surface area contributed by atoms with Gasteiger partial charge in [0.15, 0.2) is 17.8 Å².